The van der Waals surface area contributed by atoms with Gasteiger partial charge in [-0.3, -0.25) is 4.79 Å². The van der Waals surface area contributed by atoms with Crippen molar-refractivity contribution >= 4 is 23.4 Å². The van der Waals surface area contributed by atoms with E-state index in [4.69, 9.17) is 9.84 Å². The zero-order valence-electron chi connectivity index (χ0n) is 20.0. The first kappa shape index (κ1) is 24.2. The van der Waals surface area contributed by atoms with Gasteiger partial charge in [0.05, 0.1) is 12.6 Å². The van der Waals surface area contributed by atoms with E-state index in [2.05, 4.69) is 73.1 Å². The van der Waals surface area contributed by atoms with Crippen molar-refractivity contribution in [3.05, 3.63) is 82.9 Å². The highest BCUT2D eigenvalue weighted by Gasteiger charge is 2.20. The first-order valence-corrected chi connectivity index (χ1v) is 13.4. The summed E-state index contributed by atoms with van der Waals surface area (Å²) in [5.41, 5.74) is 8.48. The Hall–Kier alpha value is -2.92. The Balaban J connectivity index is 1.45. The van der Waals surface area contributed by atoms with Crippen LogP contribution in [0.25, 0.3) is 11.1 Å². The predicted octanol–water partition coefficient (Wildman–Crippen LogP) is 6.91. The minimum atomic E-state index is -0.751. The standard InChI is InChI=1S/C29H33NO3S/c1-20-17-25(33-15-4-16-34-2)10-11-26(20)22-5-3-6-23(19-22)28-13-9-24-18-21(8-14-29(31)32)7-12-27(24)30-28/h3,5-7,10-12,17-19,28,30H,4,8-9,13-16H2,1-2H3,(H,31,32). The van der Waals surface area contributed by atoms with E-state index in [1.807, 2.05) is 17.8 Å². The minimum absolute atomic E-state index is 0.173. The van der Waals surface area contributed by atoms with Gasteiger partial charge in [-0.05, 0) is 102 Å². The van der Waals surface area contributed by atoms with Gasteiger partial charge in [0.25, 0.3) is 0 Å². The van der Waals surface area contributed by atoms with E-state index in [-0.39, 0.29) is 12.5 Å². The molecule has 1 atom stereocenters. The van der Waals surface area contributed by atoms with Crippen LogP contribution in [0, 0.1) is 6.92 Å². The van der Waals surface area contributed by atoms with Crippen molar-refractivity contribution in [2.75, 3.05) is 23.9 Å². The van der Waals surface area contributed by atoms with Crippen LogP contribution in [0.4, 0.5) is 5.69 Å². The Morgan fingerprint density at radius 2 is 2.03 bits per heavy atom. The predicted molar refractivity (Wildman–Crippen MR) is 142 cm³/mol. The highest BCUT2D eigenvalue weighted by Crippen LogP contribution is 2.35. The summed E-state index contributed by atoms with van der Waals surface area (Å²) < 4.78 is 5.91. The molecule has 0 fully saturated rings. The number of aryl methyl sites for hydroxylation is 3. The van der Waals surface area contributed by atoms with Crippen LogP contribution in [0.3, 0.4) is 0 Å². The average Bonchev–Trinajstić information content (AvgIpc) is 2.85. The van der Waals surface area contributed by atoms with Gasteiger partial charge in [-0.15, -0.1) is 0 Å². The molecule has 0 saturated carbocycles. The number of thioether (sulfide) groups is 1. The lowest BCUT2D eigenvalue weighted by Crippen LogP contribution is -2.18. The molecule has 2 N–H and O–H groups in total. The zero-order chi connectivity index (χ0) is 23.9. The number of benzene rings is 3. The minimum Gasteiger partial charge on any atom is -0.494 e. The molecule has 3 aromatic rings. The van der Waals surface area contributed by atoms with E-state index < -0.39 is 5.97 Å². The van der Waals surface area contributed by atoms with Crippen LogP contribution in [-0.4, -0.2) is 29.7 Å². The van der Waals surface area contributed by atoms with Crippen LogP contribution in [0.1, 0.15) is 47.6 Å². The second kappa shape index (κ2) is 11.5. The van der Waals surface area contributed by atoms with Gasteiger partial charge in [-0.2, -0.15) is 11.8 Å². The molecule has 1 aliphatic heterocycles. The molecule has 178 valence electrons. The quantitative estimate of drug-likeness (QED) is 0.312. The Morgan fingerprint density at radius 1 is 1.15 bits per heavy atom. The summed E-state index contributed by atoms with van der Waals surface area (Å²) in [6.45, 7) is 2.90. The first-order chi connectivity index (χ1) is 16.5. The van der Waals surface area contributed by atoms with Crippen molar-refractivity contribution in [1.29, 1.82) is 0 Å². The van der Waals surface area contributed by atoms with Crippen LogP contribution < -0.4 is 10.1 Å². The van der Waals surface area contributed by atoms with Gasteiger partial charge in [-0.1, -0.05) is 36.4 Å². The molecule has 1 heterocycles. The van der Waals surface area contributed by atoms with Gasteiger partial charge in [0.2, 0.25) is 0 Å². The smallest absolute Gasteiger partial charge is 0.303 e. The monoisotopic (exact) mass is 475 g/mol. The van der Waals surface area contributed by atoms with Gasteiger partial charge in [-0.25, -0.2) is 0 Å². The molecule has 3 aromatic carbocycles. The number of carboxylic acid groups (broad SMARTS) is 1. The van der Waals surface area contributed by atoms with E-state index in [9.17, 15) is 4.79 Å². The van der Waals surface area contributed by atoms with Crippen LogP contribution in [-0.2, 0) is 17.6 Å². The molecular formula is C29H33NO3S. The molecule has 1 aliphatic rings. The molecule has 0 aliphatic carbocycles. The number of carbonyl (C=O) groups is 1. The third kappa shape index (κ3) is 6.15. The zero-order valence-corrected chi connectivity index (χ0v) is 20.8. The van der Waals surface area contributed by atoms with E-state index in [1.54, 1.807) is 0 Å². The fourth-order valence-electron chi connectivity index (χ4n) is 4.58. The number of hydrogen-bond donors (Lipinski definition) is 2. The molecular weight excluding hydrogens is 442 g/mol. The lowest BCUT2D eigenvalue weighted by Gasteiger charge is -2.28. The maximum atomic E-state index is 10.9. The van der Waals surface area contributed by atoms with Gasteiger partial charge >= 0.3 is 5.97 Å². The summed E-state index contributed by atoms with van der Waals surface area (Å²) >= 11 is 1.85. The maximum absolute atomic E-state index is 10.9. The summed E-state index contributed by atoms with van der Waals surface area (Å²) in [6, 6.07) is 21.8. The van der Waals surface area contributed by atoms with E-state index >= 15 is 0 Å². The third-order valence-electron chi connectivity index (χ3n) is 6.39. The molecule has 5 heteroatoms. The summed E-state index contributed by atoms with van der Waals surface area (Å²) in [7, 11) is 0. The number of carboxylic acids is 1. The van der Waals surface area contributed by atoms with E-state index in [1.165, 1.54) is 27.8 Å². The molecule has 34 heavy (non-hydrogen) atoms. The second-order valence-corrected chi connectivity index (χ2v) is 9.90. The Kier molecular flexibility index (Phi) is 8.17. The Morgan fingerprint density at radius 3 is 2.82 bits per heavy atom. The summed E-state index contributed by atoms with van der Waals surface area (Å²) in [5, 5.41) is 12.6. The molecule has 0 aromatic heterocycles. The van der Waals surface area contributed by atoms with E-state index in [0.717, 1.165) is 48.6 Å². The molecule has 1 unspecified atom stereocenters. The van der Waals surface area contributed by atoms with Gasteiger partial charge < -0.3 is 15.2 Å². The lowest BCUT2D eigenvalue weighted by atomic mass is 9.90. The third-order valence-corrected chi connectivity index (χ3v) is 7.09. The largest absolute Gasteiger partial charge is 0.494 e. The lowest BCUT2D eigenvalue weighted by molar-refractivity contribution is -0.136. The number of aliphatic carboxylic acids is 1. The summed E-state index contributed by atoms with van der Waals surface area (Å²) in [5.74, 6) is 1.31. The Bertz CT molecular complexity index is 1140. The number of ether oxygens (including phenoxy) is 1. The molecule has 0 bridgehead atoms. The van der Waals surface area contributed by atoms with Crippen molar-refractivity contribution < 1.29 is 14.6 Å². The second-order valence-electron chi connectivity index (χ2n) is 8.92. The highest BCUT2D eigenvalue weighted by atomic mass is 32.2. The number of rotatable bonds is 10. The maximum Gasteiger partial charge on any atom is 0.303 e. The first-order valence-electron chi connectivity index (χ1n) is 12.0. The van der Waals surface area contributed by atoms with Crippen LogP contribution in [0.5, 0.6) is 5.75 Å². The van der Waals surface area contributed by atoms with Crippen LogP contribution in [0.15, 0.2) is 60.7 Å². The molecule has 0 radical (unpaired) electrons. The Labute approximate surface area is 206 Å². The molecule has 4 nitrogen and oxygen atoms in total. The molecule has 0 saturated heterocycles. The number of nitrogens with one attached hydrogen (secondary N) is 1. The van der Waals surface area contributed by atoms with Crippen LogP contribution in [0.2, 0.25) is 0 Å². The van der Waals surface area contributed by atoms with Gasteiger partial charge in [0.1, 0.15) is 5.75 Å². The molecule has 0 amide bonds. The molecule has 0 spiro atoms. The van der Waals surface area contributed by atoms with Crippen molar-refractivity contribution in [2.24, 2.45) is 0 Å². The van der Waals surface area contributed by atoms with Gasteiger partial charge in [0.15, 0.2) is 0 Å². The fourth-order valence-corrected chi connectivity index (χ4v) is 4.98. The summed E-state index contributed by atoms with van der Waals surface area (Å²) in [4.78, 5) is 10.9. The van der Waals surface area contributed by atoms with E-state index in [0.29, 0.717) is 6.42 Å². The highest BCUT2D eigenvalue weighted by molar-refractivity contribution is 7.98. The number of hydrogen-bond acceptors (Lipinski definition) is 4. The van der Waals surface area contributed by atoms with Crippen molar-refractivity contribution in [1.82, 2.24) is 0 Å². The van der Waals surface area contributed by atoms with Gasteiger partial charge in [0, 0.05) is 12.1 Å². The SMILES string of the molecule is CSCCCOc1ccc(-c2cccc(C3CCc4cc(CCC(=O)O)ccc4N3)c2)c(C)c1. The fraction of sp³-hybridized carbons (Fsp3) is 0.345. The van der Waals surface area contributed by atoms with Crippen molar-refractivity contribution in [3.63, 3.8) is 0 Å². The topological polar surface area (TPSA) is 58.6 Å². The average molecular weight is 476 g/mol. The normalized spacial score (nSPS) is 14.8. The summed E-state index contributed by atoms with van der Waals surface area (Å²) in [6.07, 6.45) is 5.93. The van der Waals surface area contributed by atoms with Crippen molar-refractivity contribution in [2.45, 2.75) is 45.1 Å². The number of anilines is 1. The van der Waals surface area contributed by atoms with Crippen LogP contribution >= 0.6 is 11.8 Å². The van der Waals surface area contributed by atoms with Crippen molar-refractivity contribution in [3.8, 4) is 16.9 Å². The molecule has 4 rings (SSSR count). The number of fused-ring (bicyclic) bond motifs is 1.